The van der Waals surface area contributed by atoms with Crippen LogP contribution < -0.4 is 0 Å². The highest BCUT2D eigenvalue weighted by molar-refractivity contribution is 7.89. The summed E-state index contributed by atoms with van der Waals surface area (Å²) in [7, 11) is -2.23. The Kier molecular flexibility index (Phi) is 4.04. The van der Waals surface area contributed by atoms with Gasteiger partial charge in [0.25, 0.3) is 5.69 Å². The molecule has 0 N–H and O–H groups in total. The van der Waals surface area contributed by atoms with Crippen LogP contribution in [0.5, 0.6) is 0 Å². The van der Waals surface area contributed by atoms with E-state index in [0.717, 1.165) is 18.9 Å². The van der Waals surface area contributed by atoms with Crippen molar-refractivity contribution in [1.82, 2.24) is 4.31 Å². The van der Waals surface area contributed by atoms with E-state index < -0.39 is 20.6 Å². The van der Waals surface area contributed by atoms with Crippen molar-refractivity contribution < 1.29 is 13.3 Å². The Morgan fingerprint density at radius 1 is 1.45 bits per heavy atom. The average molecular weight is 319 g/mol. The van der Waals surface area contributed by atoms with Crippen LogP contribution in [0, 0.1) is 23.0 Å². The minimum atomic E-state index is -3.73. The van der Waals surface area contributed by atoms with E-state index in [0.29, 0.717) is 18.0 Å². The maximum atomic E-state index is 12.5. The fourth-order valence-electron chi connectivity index (χ4n) is 1.99. The van der Waals surface area contributed by atoms with Crippen LogP contribution >= 0.6 is 11.6 Å². The summed E-state index contributed by atoms with van der Waals surface area (Å²) < 4.78 is 26.2. The zero-order chi connectivity index (χ0) is 15.1. The number of hydrogen-bond acceptors (Lipinski definition) is 4. The molecule has 1 saturated carbocycles. The molecule has 1 aromatic rings. The molecule has 0 unspecified atom stereocenters. The van der Waals surface area contributed by atoms with Gasteiger partial charge in [0.1, 0.15) is 5.02 Å². The summed E-state index contributed by atoms with van der Waals surface area (Å²) in [4.78, 5) is 10.1. The molecule has 110 valence electrons. The lowest BCUT2D eigenvalue weighted by molar-refractivity contribution is -0.384. The summed E-state index contributed by atoms with van der Waals surface area (Å²) in [6, 6.07) is 2.36. The topological polar surface area (TPSA) is 80.5 Å². The van der Waals surface area contributed by atoms with Crippen LogP contribution in [-0.2, 0) is 10.0 Å². The molecule has 0 spiro atoms. The van der Waals surface area contributed by atoms with E-state index in [1.54, 1.807) is 6.92 Å². The number of benzene rings is 1. The van der Waals surface area contributed by atoms with Gasteiger partial charge in [0.15, 0.2) is 0 Å². The summed E-state index contributed by atoms with van der Waals surface area (Å²) in [6.07, 6.45) is 2.05. The number of nitro groups is 1. The van der Waals surface area contributed by atoms with Gasteiger partial charge in [0.05, 0.1) is 9.82 Å². The summed E-state index contributed by atoms with van der Waals surface area (Å²) in [6.45, 7) is 2.02. The second-order valence-electron chi connectivity index (χ2n) is 5.06. The first-order valence-electron chi connectivity index (χ1n) is 6.14. The van der Waals surface area contributed by atoms with Gasteiger partial charge in [-0.25, -0.2) is 12.7 Å². The van der Waals surface area contributed by atoms with E-state index in [2.05, 4.69) is 0 Å². The van der Waals surface area contributed by atoms with Gasteiger partial charge in [-0.2, -0.15) is 0 Å². The van der Waals surface area contributed by atoms with Crippen LogP contribution in [0.4, 0.5) is 5.69 Å². The molecule has 1 fully saturated rings. The summed E-state index contributed by atoms with van der Waals surface area (Å²) in [5, 5.41) is 10.8. The van der Waals surface area contributed by atoms with Gasteiger partial charge in [-0.15, -0.1) is 0 Å². The molecule has 0 saturated heterocycles. The molecule has 20 heavy (non-hydrogen) atoms. The SMILES string of the molecule is Cc1cc(Cl)c([N+](=O)[O-])cc1S(=O)(=O)N(C)CC1CC1. The largest absolute Gasteiger partial charge is 0.289 e. The highest BCUT2D eigenvalue weighted by Gasteiger charge is 2.31. The van der Waals surface area contributed by atoms with Gasteiger partial charge in [0.2, 0.25) is 10.0 Å². The van der Waals surface area contributed by atoms with Crippen LogP contribution in [0.15, 0.2) is 17.0 Å². The maximum Gasteiger partial charge on any atom is 0.289 e. The van der Waals surface area contributed by atoms with Crippen LogP contribution in [0.25, 0.3) is 0 Å². The van der Waals surface area contributed by atoms with Crippen LogP contribution in [0.1, 0.15) is 18.4 Å². The minimum absolute atomic E-state index is 0.0586. The molecule has 0 amide bonds. The molecule has 1 aliphatic carbocycles. The summed E-state index contributed by atoms with van der Waals surface area (Å²) in [5.74, 6) is 0.400. The molecular formula is C12H15ClN2O4S. The van der Waals surface area contributed by atoms with E-state index in [-0.39, 0.29) is 9.92 Å². The third-order valence-corrected chi connectivity index (χ3v) is 5.61. The van der Waals surface area contributed by atoms with E-state index in [1.807, 2.05) is 0 Å². The first kappa shape index (κ1) is 15.2. The molecular weight excluding hydrogens is 304 g/mol. The molecule has 0 heterocycles. The number of nitro benzene ring substituents is 1. The number of rotatable bonds is 5. The maximum absolute atomic E-state index is 12.5. The van der Waals surface area contributed by atoms with Gasteiger partial charge in [-0.1, -0.05) is 11.6 Å². The van der Waals surface area contributed by atoms with E-state index in [9.17, 15) is 18.5 Å². The lowest BCUT2D eigenvalue weighted by Gasteiger charge is -2.18. The highest BCUT2D eigenvalue weighted by Crippen LogP contribution is 2.34. The van der Waals surface area contributed by atoms with Gasteiger partial charge >= 0.3 is 0 Å². The Labute approximate surface area is 122 Å². The lowest BCUT2D eigenvalue weighted by Crippen LogP contribution is -2.29. The lowest BCUT2D eigenvalue weighted by atomic mass is 10.2. The Balaban J connectivity index is 2.44. The fourth-order valence-corrected chi connectivity index (χ4v) is 3.75. The smallest absolute Gasteiger partial charge is 0.258 e. The monoisotopic (exact) mass is 318 g/mol. The predicted octanol–water partition coefficient (Wildman–Crippen LogP) is 2.59. The van der Waals surface area contributed by atoms with Gasteiger partial charge in [-0.05, 0) is 37.3 Å². The van der Waals surface area contributed by atoms with Crippen molar-refractivity contribution in [3.8, 4) is 0 Å². The minimum Gasteiger partial charge on any atom is -0.258 e. The third kappa shape index (κ3) is 2.94. The number of hydrogen-bond donors (Lipinski definition) is 0. The normalized spacial score (nSPS) is 15.6. The van der Waals surface area contributed by atoms with Crippen LogP contribution in [0.3, 0.4) is 0 Å². The number of aryl methyl sites for hydroxylation is 1. The first-order valence-corrected chi connectivity index (χ1v) is 7.96. The Morgan fingerprint density at radius 3 is 2.55 bits per heavy atom. The zero-order valence-corrected chi connectivity index (χ0v) is 12.7. The van der Waals surface area contributed by atoms with Crippen molar-refractivity contribution >= 4 is 27.3 Å². The second-order valence-corrected chi connectivity index (χ2v) is 7.48. The number of nitrogens with zero attached hydrogens (tertiary/aromatic N) is 2. The molecule has 0 bridgehead atoms. The molecule has 1 aliphatic rings. The van der Waals surface area contributed by atoms with Gasteiger partial charge < -0.3 is 0 Å². The van der Waals surface area contributed by atoms with Crippen LogP contribution in [0.2, 0.25) is 5.02 Å². The third-order valence-electron chi connectivity index (χ3n) is 3.34. The average Bonchev–Trinajstić information content (AvgIpc) is 3.11. The number of sulfonamides is 1. The quantitative estimate of drug-likeness (QED) is 0.617. The standard InChI is InChI=1S/C12H15ClN2O4S/c1-8-5-10(13)11(15(16)17)6-12(8)20(18,19)14(2)7-9-3-4-9/h5-6,9H,3-4,7H2,1-2H3. The fraction of sp³-hybridized carbons (Fsp3) is 0.500. The zero-order valence-electron chi connectivity index (χ0n) is 11.2. The van der Waals surface area contributed by atoms with E-state index in [1.165, 1.54) is 17.4 Å². The summed E-state index contributed by atoms with van der Waals surface area (Å²) in [5.41, 5.74) is 0.0129. The van der Waals surface area contributed by atoms with Crippen molar-refractivity contribution in [2.24, 2.45) is 5.92 Å². The Morgan fingerprint density at radius 2 is 2.05 bits per heavy atom. The molecule has 0 radical (unpaired) electrons. The molecule has 2 rings (SSSR count). The Bertz CT molecular complexity index is 656. The van der Waals surface area contributed by atoms with Crippen molar-refractivity contribution in [2.75, 3.05) is 13.6 Å². The van der Waals surface area contributed by atoms with E-state index >= 15 is 0 Å². The van der Waals surface area contributed by atoms with E-state index in [4.69, 9.17) is 11.6 Å². The molecule has 1 aromatic carbocycles. The molecule has 0 aromatic heterocycles. The summed E-state index contributed by atoms with van der Waals surface area (Å²) >= 11 is 5.77. The van der Waals surface area contributed by atoms with Crippen molar-refractivity contribution in [3.63, 3.8) is 0 Å². The van der Waals surface area contributed by atoms with Crippen molar-refractivity contribution in [1.29, 1.82) is 0 Å². The number of halogens is 1. The highest BCUT2D eigenvalue weighted by atomic mass is 35.5. The van der Waals surface area contributed by atoms with Crippen molar-refractivity contribution in [3.05, 3.63) is 32.8 Å². The first-order chi connectivity index (χ1) is 9.23. The molecule has 0 aliphatic heterocycles. The van der Waals surface area contributed by atoms with Gasteiger partial charge in [0, 0.05) is 19.7 Å². The predicted molar refractivity (Wildman–Crippen MR) is 75.4 cm³/mol. The molecule has 6 nitrogen and oxygen atoms in total. The van der Waals surface area contributed by atoms with Crippen LogP contribution in [-0.4, -0.2) is 31.2 Å². The molecule has 8 heteroatoms. The molecule has 0 atom stereocenters. The Hall–Kier alpha value is -1.18. The van der Waals surface area contributed by atoms with Gasteiger partial charge in [-0.3, -0.25) is 10.1 Å². The second kappa shape index (κ2) is 5.31. The van der Waals surface area contributed by atoms with Crippen molar-refractivity contribution in [2.45, 2.75) is 24.7 Å².